The number of piperazine rings is 1. The first kappa shape index (κ1) is 18.5. The van der Waals surface area contributed by atoms with Crippen LogP contribution in [0.25, 0.3) is 10.9 Å². The van der Waals surface area contributed by atoms with E-state index in [-0.39, 0.29) is 0 Å². The van der Waals surface area contributed by atoms with Crippen molar-refractivity contribution in [2.45, 2.75) is 19.3 Å². The highest BCUT2D eigenvalue weighted by Gasteiger charge is 2.19. The number of hydrogen-bond donors (Lipinski definition) is 1. The minimum atomic E-state index is 0.799. The molecule has 5 nitrogen and oxygen atoms in total. The highest BCUT2D eigenvalue weighted by molar-refractivity contribution is 5.83. The number of nitrogens with zero attached hydrogens (tertiary/aromatic N) is 3. The number of hydrogen-bond acceptors (Lipinski definition) is 4. The highest BCUT2D eigenvalue weighted by atomic mass is 16.7. The molecule has 0 bridgehead atoms. The molecule has 0 saturated carbocycles. The summed E-state index contributed by atoms with van der Waals surface area (Å²) in [6.45, 7) is 7.46. The maximum atomic E-state index is 5.89. The van der Waals surface area contributed by atoms with Gasteiger partial charge >= 0.3 is 0 Å². The highest BCUT2D eigenvalue weighted by Crippen LogP contribution is 2.26. The standard InChI is InChI=1S/C24H30N4O/c1-2-6-24-21(5-1)10-18-29-28(24)13-4-3-12-26-14-16-27(17-15-26)22-8-7-20-9-11-25-23(20)19-22/h1-2,5-9,11,19,25H,3-4,10,12-18H2. The number of para-hydroxylation sites is 1. The molecule has 29 heavy (non-hydrogen) atoms. The second kappa shape index (κ2) is 8.47. The third-order valence-electron chi connectivity index (χ3n) is 6.24. The molecule has 1 saturated heterocycles. The van der Waals surface area contributed by atoms with Crippen LogP contribution >= 0.6 is 0 Å². The topological polar surface area (TPSA) is 34.7 Å². The van der Waals surface area contributed by atoms with Gasteiger partial charge in [-0.2, -0.15) is 0 Å². The summed E-state index contributed by atoms with van der Waals surface area (Å²) in [6.07, 6.45) is 5.42. The maximum Gasteiger partial charge on any atom is 0.0789 e. The Morgan fingerprint density at radius 1 is 0.897 bits per heavy atom. The molecule has 3 aromatic rings. The lowest BCUT2D eigenvalue weighted by molar-refractivity contribution is 0.0982. The molecule has 2 aliphatic rings. The average molecular weight is 391 g/mol. The monoisotopic (exact) mass is 390 g/mol. The van der Waals surface area contributed by atoms with E-state index >= 15 is 0 Å². The average Bonchev–Trinajstić information content (AvgIpc) is 3.25. The van der Waals surface area contributed by atoms with Crippen LogP contribution in [0.3, 0.4) is 0 Å². The van der Waals surface area contributed by atoms with E-state index in [2.05, 4.69) is 68.4 Å². The molecule has 1 aromatic heterocycles. The summed E-state index contributed by atoms with van der Waals surface area (Å²) in [5, 5.41) is 3.39. The van der Waals surface area contributed by atoms with Crippen LogP contribution in [0.1, 0.15) is 18.4 Å². The minimum Gasteiger partial charge on any atom is -0.369 e. The van der Waals surface area contributed by atoms with Gasteiger partial charge in [0.2, 0.25) is 0 Å². The van der Waals surface area contributed by atoms with Crippen molar-refractivity contribution in [1.29, 1.82) is 0 Å². The summed E-state index contributed by atoms with van der Waals surface area (Å²) in [5.41, 5.74) is 5.23. The van der Waals surface area contributed by atoms with Crippen LogP contribution in [0.5, 0.6) is 0 Å². The number of unbranched alkanes of at least 4 members (excludes halogenated alkanes) is 1. The second-order valence-electron chi connectivity index (χ2n) is 8.10. The summed E-state index contributed by atoms with van der Waals surface area (Å²) in [7, 11) is 0. The zero-order valence-corrected chi connectivity index (χ0v) is 17.0. The second-order valence-corrected chi connectivity index (χ2v) is 8.10. The summed E-state index contributed by atoms with van der Waals surface area (Å²) in [5.74, 6) is 0. The SMILES string of the molecule is c1ccc2c(c1)CCON2CCCCN1CCN(c2ccc3cc[nH]c3c2)CC1. The van der Waals surface area contributed by atoms with Crippen LogP contribution in [0.4, 0.5) is 11.4 Å². The molecule has 2 aliphatic heterocycles. The van der Waals surface area contributed by atoms with E-state index in [0.29, 0.717) is 0 Å². The van der Waals surface area contributed by atoms with Crippen molar-refractivity contribution < 1.29 is 4.84 Å². The van der Waals surface area contributed by atoms with Gasteiger partial charge in [0.05, 0.1) is 12.3 Å². The molecule has 2 aromatic carbocycles. The lowest BCUT2D eigenvalue weighted by Crippen LogP contribution is -2.46. The molecule has 0 amide bonds. The normalized spacial score (nSPS) is 17.7. The number of rotatable bonds is 6. The van der Waals surface area contributed by atoms with E-state index < -0.39 is 0 Å². The van der Waals surface area contributed by atoms with Crippen LogP contribution in [0.2, 0.25) is 0 Å². The summed E-state index contributed by atoms with van der Waals surface area (Å²) >= 11 is 0. The fourth-order valence-corrected chi connectivity index (χ4v) is 4.54. The van der Waals surface area contributed by atoms with Gasteiger partial charge in [-0.15, -0.1) is 0 Å². The van der Waals surface area contributed by atoms with Gasteiger partial charge in [0.25, 0.3) is 0 Å². The minimum absolute atomic E-state index is 0.799. The first-order valence-corrected chi connectivity index (χ1v) is 10.9. The Morgan fingerprint density at radius 3 is 2.69 bits per heavy atom. The Balaban J connectivity index is 1.06. The van der Waals surface area contributed by atoms with Gasteiger partial charge in [-0.3, -0.25) is 14.8 Å². The van der Waals surface area contributed by atoms with E-state index in [1.807, 2.05) is 6.20 Å². The Labute approximate surface area is 172 Å². The Kier molecular flexibility index (Phi) is 5.41. The molecule has 0 unspecified atom stereocenters. The summed E-state index contributed by atoms with van der Waals surface area (Å²) < 4.78 is 0. The largest absolute Gasteiger partial charge is 0.369 e. The van der Waals surface area contributed by atoms with E-state index in [9.17, 15) is 0 Å². The van der Waals surface area contributed by atoms with Crippen LogP contribution < -0.4 is 9.96 Å². The molecular weight excluding hydrogens is 360 g/mol. The van der Waals surface area contributed by atoms with Crippen LogP contribution in [-0.4, -0.2) is 55.8 Å². The van der Waals surface area contributed by atoms with Crippen molar-refractivity contribution in [3.05, 3.63) is 60.3 Å². The fourth-order valence-electron chi connectivity index (χ4n) is 4.54. The molecular formula is C24H30N4O. The van der Waals surface area contributed by atoms with Crippen molar-refractivity contribution >= 4 is 22.3 Å². The van der Waals surface area contributed by atoms with Gasteiger partial charge in [0.15, 0.2) is 0 Å². The molecule has 0 radical (unpaired) electrons. The number of H-pyrrole nitrogens is 1. The molecule has 5 rings (SSSR count). The van der Waals surface area contributed by atoms with E-state index in [1.54, 1.807) is 0 Å². The summed E-state index contributed by atoms with van der Waals surface area (Å²) in [6, 6.07) is 17.5. The van der Waals surface area contributed by atoms with Crippen molar-refractivity contribution in [3.63, 3.8) is 0 Å². The molecule has 1 fully saturated rings. The molecule has 5 heteroatoms. The smallest absolute Gasteiger partial charge is 0.0789 e. The molecule has 152 valence electrons. The number of aromatic amines is 1. The third-order valence-corrected chi connectivity index (χ3v) is 6.24. The van der Waals surface area contributed by atoms with Crippen LogP contribution in [-0.2, 0) is 11.3 Å². The van der Waals surface area contributed by atoms with Gasteiger partial charge in [-0.05, 0) is 54.6 Å². The number of anilines is 2. The first-order chi connectivity index (χ1) is 14.4. The number of fused-ring (bicyclic) bond motifs is 2. The van der Waals surface area contributed by atoms with Crippen molar-refractivity contribution in [2.24, 2.45) is 0 Å². The number of aromatic nitrogens is 1. The Morgan fingerprint density at radius 2 is 1.76 bits per heavy atom. The number of nitrogens with one attached hydrogen (secondary N) is 1. The maximum absolute atomic E-state index is 5.89. The number of hydroxylamine groups is 1. The van der Waals surface area contributed by atoms with Gasteiger partial charge in [0, 0.05) is 56.5 Å². The van der Waals surface area contributed by atoms with Gasteiger partial charge in [-0.1, -0.05) is 24.3 Å². The molecule has 1 N–H and O–H groups in total. The molecule has 0 aliphatic carbocycles. The van der Waals surface area contributed by atoms with E-state index in [4.69, 9.17) is 4.84 Å². The van der Waals surface area contributed by atoms with Crippen molar-refractivity contribution in [2.75, 3.05) is 55.8 Å². The summed E-state index contributed by atoms with van der Waals surface area (Å²) in [4.78, 5) is 14.3. The van der Waals surface area contributed by atoms with Crippen molar-refractivity contribution in [3.8, 4) is 0 Å². The van der Waals surface area contributed by atoms with Crippen LogP contribution in [0, 0.1) is 0 Å². The zero-order valence-electron chi connectivity index (χ0n) is 17.0. The molecule has 3 heterocycles. The first-order valence-electron chi connectivity index (χ1n) is 10.9. The van der Waals surface area contributed by atoms with Crippen molar-refractivity contribution in [1.82, 2.24) is 9.88 Å². The van der Waals surface area contributed by atoms with Gasteiger partial charge in [-0.25, -0.2) is 0 Å². The fraction of sp³-hybridized carbons (Fsp3) is 0.417. The predicted molar refractivity (Wildman–Crippen MR) is 120 cm³/mol. The van der Waals surface area contributed by atoms with E-state index in [1.165, 1.54) is 40.8 Å². The van der Waals surface area contributed by atoms with Gasteiger partial charge in [0.1, 0.15) is 0 Å². The third kappa shape index (κ3) is 4.11. The van der Waals surface area contributed by atoms with E-state index in [0.717, 1.165) is 52.2 Å². The Hall–Kier alpha value is -2.50. The molecule has 0 spiro atoms. The molecule has 0 atom stereocenters. The quantitative estimate of drug-likeness (QED) is 0.644. The van der Waals surface area contributed by atoms with Gasteiger partial charge < -0.3 is 9.88 Å². The Bertz CT molecular complexity index is 945. The predicted octanol–water partition coefficient (Wildman–Crippen LogP) is 4.06. The zero-order chi connectivity index (χ0) is 19.5. The number of benzene rings is 2. The van der Waals surface area contributed by atoms with Crippen LogP contribution in [0.15, 0.2) is 54.7 Å². The lowest BCUT2D eigenvalue weighted by atomic mass is 10.1. The lowest BCUT2D eigenvalue weighted by Gasteiger charge is -2.36.